The van der Waals surface area contributed by atoms with E-state index < -0.39 is 0 Å². The molecule has 0 aliphatic carbocycles. The highest BCUT2D eigenvalue weighted by Gasteiger charge is 2.17. The maximum absolute atomic E-state index is 5.90. The summed E-state index contributed by atoms with van der Waals surface area (Å²) >= 11 is 0. The molecular formula is C17H16N2. The van der Waals surface area contributed by atoms with E-state index in [0.717, 1.165) is 12.8 Å². The van der Waals surface area contributed by atoms with Gasteiger partial charge in [0.15, 0.2) is 0 Å². The van der Waals surface area contributed by atoms with Crippen molar-refractivity contribution in [2.45, 2.75) is 19.4 Å². The standard InChI is InChI=1S/C17H16N2/c18-10-14-11-19-16-7-2-1-4-12(16)8-9-13-5-3-6-15(14)17(13)19/h1-7,11H,8-10,18H2. The normalized spacial score (nSPS) is 13.3. The zero-order chi connectivity index (χ0) is 12.8. The number of rotatable bonds is 1. The van der Waals surface area contributed by atoms with Crippen molar-refractivity contribution in [1.82, 2.24) is 4.57 Å². The summed E-state index contributed by atoms with van der Waals surface area (Å²) < 4.78 is 2.33. The number of nitrogens with zero attached hydrogens (tertiary/aromatic N) is 1. The van der Waals surface area contributed by atoms with Crippen LogP contribution in [0.15, 0.2) is 48.7 Å². The van der Waals surface area contributed by atoms with Gasteiger partial charge in [-0.2, -0.15) is 0 Å². The summed E-state index contributed by atoms with van der Waals surface area (Å²) in [6.07, 6.45) is 4.41. The molecule has 1 aromatic heterocycles. The van der Waals surface area contributed by atoms with E-state index in [4.69, 9.17) is 5.73 Å². The largest absolute Gasteiger partial charge is 0.326 e. The van der Waals surface area contributed by atoms with Gasteiger partial charge in [-0.25, -0.2) is 0 Å². The van der Waals surface area contributed by atoms with E-state index >= 15 is 0 Å². The molecule has 2 aromatic carbocycles. The average molecular weight is 248 g/mol. The minimum absolute atomic E-state index is 0.592. The second-order valence-electron chi connectivity index (χ2n) is 5.17. The molecule has 0 fully saturated rings. The van der Waals surface area contributed by atoms with E-state index in [1.807, 2.05) is 0 Å². The quantitative estimate of drug-likeness (QED) is 0.704. The van der Waals surface area contributed by atoms with Crippen LogP contribution in [-0.2, 0) is 19.4 Å². The van der Waals surface area contributed by atoms with Crippen molar-refractivity contribution in [3.05, 3.63) is 65.4 Å². The Kier molecular flexibility index (Phi) is 2.26. The third-order valence-electron chi connectivity index (χ3n) is 4.13. The molecule has 2 N–H and O–H groups in total. The van der Waals surface area contributed by atoms with Gasteiger partial charge in [0, 0.05) is 23.8 Å². The first-order valence-corrected chi connectivity index (χ1v) is 6.78. The van der Waals surface area contributed by atoms with Crippen LogP contribution >= 0.6 is 0 Å². The third kappa shape index (κ3) is 1.47. The zero-order valence-electron chi connectivity index (χ0n) is 10.8. The maximum Gasteiger partial charge on any atom is 0.0564 e. The van der Waals surface area contributed by atoms with Crippen molar-refractivity contribution in [3.8, 4) is 5.69 Å². The molecule has 19 heavy (non-hydrogen) atoms. The van der Waals surface area contributed by atoms with Gasteiger partial charge in [-0.05, 0) is 35.6 Å². The molecule has 2 heterocycles. The molecule has 0 radical (unpaired) electrons. The van der Waals surface area contributed by atoms with Gasteiger partial charge in [0.05, 0.1) is 5.52 Å². The first-order valence-electron chi connectivity index (χ1n) is 6.78. The third-order valence-corrected chi connectivity index (χ3v) is 4.13. The highest BCUT2D eigenvalue weighted by atomic mass is 15.0. The van der Waals surface area contributed by atoms with Crippen LogP contribution in [0.25, 0.3) is 16.6 Å². The van der Waals surface area contributed by atoms with Gasteiger partial charge in [0.2, 0.25) is 0 Å². The Hall–Kier alpha value is -2.06. The van der Waals surface area contributed by atoms with Crippen molar-refractivity contribution >= 4 is 10.9 Å². The Balaban J connectivity index is 2.15. The molecule has 0 amide bonds. The fourth-order valence-electron chi connectivity index (χ4n) is 3.21. The molecule has 2 heteroatoms. The number of nitrogens with two attached hydrogens (primary N) is 1. The number of aryl methyl sites for hydroxylation is 2. The fourth-order valence-corrected chi connectivity index (χ4v) is 3.21. The summed E-state index contributed by atoms with van der Waals surface area (Å²) in [6, 6.07) is 15.3. The lowest BCUT2D eigenvalue weighted by molar-refractivity contribution is 0.970. The summed E-state index contributed by atoms with van der Waals surface area (Å²) in [7, 11) is 0. The first kappa shape index (κ1) is 10.8. The lowest BCUT2D eigenvalue weighted by atomic mass is 10.0. The molecule has 4 rings (SSSR count). The molecule has 0 saturated carbocycles. The predicted octanol–water partition coefficient (Wildman–Crippen LogP) is 3.19. The van der Waals surface area contributed by atoms with Crippen molar-refractivity contribution in [3.63, 3.8) is 0 Å². The lowest BCUT2D eigenvalue weighted by Gasteiger charge is -2.08. The van der Waals surface area contributed by atoms with Crippen LogP contribution in [0.3, 0.4) is 0 Å². The zero-order valence-corrected chi connectivity index (χ0v) is 10.8. The smallest absolute Gasteiger partial charge is 0.0564 e. The monoisotopic (exact) mass is 248 g/mol. The summed E-state index contributed by atoms with van der Waals surface area (Å²) in [5, 5.41) is 1.30. The summed E-state index contributed by atoms with van der Waals surface area (Å²) in [6.45, 7) is 0.592. The molecule has 0 saturated heterocycles. The summed E-state index contributed by atoms with van der Waals surface area (Å²) in [5.41, 5.74) is 12.6. The number of para-hydroxylation sites is 2. The predicted molar refractivity (Wildman–Crippen MR) is 78.6 cm³/mol. The number of aromatic nitrogens is 1. The minimum atomic E-state index is 0.592. The van der Waals surface area contributed by atoms with Crippen LogP contribution in [0.2, 0.25) is 0 Å². The number of hydrogen-bond donors (Lipinski definition) is 1. The SMILES string of the molecule is NCc1cn2c3c(cccc13)CCc1ccccc1-2. The maximum atomic E-state index is 5.90. The number of benzene rings is 2. The van der Waals surface area contributed by atoms with E-state index in [-0.39, 0.29) is 0 Å². The Bertz CT molecular complexity index is 768. The van der Waals surface area contributed by atoms with Gasteiger partial charge in [0.1, 0.15) is 0 Å². The van der Waals surface area contributed by atoms with Gasteiger partial charge in [-0.3, -0.25) is 0 Å². The van der Waals surface area contributed by atoms with Crippen molar-refractivity contribution in [2.24, 2.45) is 5.73 Å². The van der Waals surface area contributed by atoms with Crippen LogP contribution in [-0.4, -0.2) is 4.57 Å². The fraction of sp³-hybridized carbons (Fsp3) is 0.176. The molecular weight excluding hydrogens is 232 g/mol. The van der Waals surface area contributed by atoms with Gasteiger partial charge in [-0.15, -0.1) is 0 Å². The highest BCUT2D eigenvalue weighted by molar-refractivity contribution is 5.89. The van der Waals surface area contributed by atoms with Crippen LogP contribution in [0.5, 0.6) is 0 Å². The lowest BCUT2D eigenvalue weighted by Crippen LogP contribution is -1.97. The molecule has 1 aliphatic heterocycles. The van der Waals surface area contributed by atoms with E-state index in [2.05, 4.69) is 53.2 Å². The second kappa shape index (κ2) is 3.97. The van der Waals surface area contributed by atoms with Crippen molar-refractivity contribution in [2.75, 3.05) is 0 Å². The highest BCUT2D eigenvalue weighted by Crippen LogP contribution is 2.32. The van der Waals surface area contributed by atoms with Gasteiger partial charge in [-0.1, -0.05) is 36.4 Å². The molecule has 2 nitrogen and oxygen atoms in total. The minimum Gasteiger partial charge on any atom is -0.326 e. The Morgan fingerprint density at radius 1 is 0.947 bits per heavy atom. The van der Waals surface area contributed by atoms with Crippen LogP contribution in [0, 0.1) is 0 Å². The molecule has 0 atom stereocenters. The first-order chi connectivity index (χ1) is 9.38. The van der Waals surface area contributed by atoms with E-state index in [0.29, 0.717) is 6.54 Å². The van der Waals surface area contributed by atoms with E-state index in [1.54, 1.807) is 0 Å². The van der Waals surface area contributed by atoms with Crippen molar-refractivity contribution in [1.29, 1.82) is 0 Å². The van der Waals surface area contributed by atoms with Gasteiger partial charge < -0.3 is 10.3 Å². The van der Waals surface area contributed by atoms with Crippen LogP contribution < -0.4 is 5.73 Å². The molecule has 0 spiro atoms. The Morgan fingerprint density at radius 3 is 2.63 bits per heavy atom. The average Bonchev–Trinajstić information content (AvgIpc) is 2.76. The van der Waals surface area contributed by atoms with E-state index in [9.17, 15) is 0 Å². The molecule has 94 valence electrons. The number of hydrogen-bond acceptors (Lipinski definition) is 1. The van der Waals surface area contributed by atoms with Gasteiger partial charge in [0.25, 0.3) is 0 Å². The van der Waals surface area contributed by atoms with Crippen LogP contribution in [0.1, 0.15) is 16.7 Å². The van der Waals surface area contributed by atoms with Crippen LogP contribution in [0.4, 0.5) is 0 Å². The number of fused-ring (bicyclic) bond motifs is 2. The van der Waals surface area contributed by atoms with Gasteiger partial charge >= 0.3 is 0 Å². The molecule has 0 unspecified atom stereocenters. The summed E-state index contributed by atoms with van der Waals surface area (Å²) in [4.78, 5) is 0. The molecule has 1 aliphatic rings. The molecule has 3 aromatic rings. The molecule has 0 bridgehead atoms. The van der Waals surface area contributed by atoms with Crippen molar-refractivity contribution < 1.29 is 0 Å². The Morgan fingerprint density at radius 2 is 1.74 bits per heavy atom. The second-order valence-corrected chi connectivity index (χ2v) is 5.17. The Labute approximate surface area is 112 Å². The van der Waals surface area contributed by atoms with E-state index in [1.165, 1.54) is 33.3 Å². The topological polar surface area (TPSA) is 30.9 Å². The summed E-state index contributed by atoms with van der Waals surface area (Å²) in [5.74, 6) is 0.